The number of carbonyl (C=O) groups excluding carboxylic acids is 2. The molecule has 5 heteroatoms. The van der Waals surface area contributed by atoms with Gasteiger partial charge in [-0.25, -0.2) is 9.59 Å². The second-order valence-corrected chi connectivity index (χ2v) is 4.95. The summed E-state index contributed by atoms with van der Waals surface area (Å²) in [6.45, 7) is 4.11. The predicted octanol–water partition coefficient (Wildman–Crippen LogP) is 2.98. The van der Waals surface area contributed by atoms with E-state index in [1.54, 1.807) is 0 Å². The highest BCUT2D eigenvalue weighted by atomic mass is 16.5. The Morgan fingerprint density at radius 3 is 2.50 bits per heavy atom. The predicted molar refractivity (Wildman–Crippen MR) is 85.5 cm³/mol. The van der Waals surface area contributed by atoms with Crippen LogP contribution in [-0.2, 0) is 25.5 Å². The van der Waals surface area contributed by atoms with Crippen LogP contribution in [0.2, 0.25) is 0 Å². The van der Waals surface area contributed by atoms with Gasteiger partial charge in [0.1, 0.15) is 5.70 Å². The molecule has 1 aromatic carbocycles. The van der Waals surface area contributed by atoms with Crippen LogP contribution in [0, 0.1) is 6.92 Å². The van der Waals surface area contributed by atoms with E-state index in [4.69, 9.17) is 0 Å². The van der Waals surface area contributed by atoms with Crippen molar-refractivity contribution in [3.05, 3.63) is 41.1 Å². The molecular formula is C17H23NO4. The first-order chi connectivity index (χ1) is 10.5. The van der Waals surface area contributed by atoms with Crippen LogP contribution in [0.1, 0.15) is 30.9 Å². The van der Waals surface area contributed by atoms with E-state index in [1.807, 2.05) is 19.1 Å². The highest BCUT2D eigenvalue weighted by Crippen LogP contribution is 2.20. The highest BCUT2D eigenvalue weighted by molar-refractivity contribution is 5.98. The van der Waals surface area contributed by atoms with Crippen LogP contribution in [0.3, 0.4) is 0 Å². The van der Waals surface area contributed by atoms with E-state index in [0.29, 0.717) is 0 Å². The zero-order chi connectivity index (χ0) is 16.5. The number of carbonyl (C=O) groups is 2. The number of hydrogen-bond acceptors (Lipinski definition) is 5. The van der Waals surface area contributed by atoms with Crippen molar-refractivity contribution < 1.29 is 19.1 Å². The van der Waals surface area contributed by atoms with E-state index < -0.39 is 11.9 Å². The standard InChI is InChI=1S/C17H23NO4/c1-5-6-7-13-8-9-14(12(2)10-13)18-15(17(20)22-4)11-16(19)21-3/h8-11,18H,5-7H2,1-4H3. The monoisotopic (exact) mass is 305 g/mol. The Bertz CT molecular complexity index is 564. The quantitative estimate of drug-likeness (QED) is 0.620. The van der Waals surface area contributed by atoms with Crippen LogP contribution >= 0.6 is 0 Å². The summed E-state index contributed by atoms with van der Waals surface area (Å²) in [5.74, 6) is -1.25. The van der Waals surface area contributed by atoms with Crippen molar-refractivity contribution in [2.75, 3.05) is 19.5 Å². The summed E-state index contributed by atoms with van der Waals surface area (Å²) in [7, 11) is 2.51. The Morgan fingerprint density at radius 1 is 1.23 bits per heavy atom. The molecule has 0 fully saturated rings. The average Bonchev–Trinajstić information content (AvgIpc) is 2.53. The number of esters is 2. The number of methoxy groups -OCH3 is 2. The van der Waals surface area contributed by atoms with Crippen molar-refractivity contribution in [2.45, 2.75) is 33.1 Å². The molecule has 0 saturated carbocycles. The normalized spacial score (nSPS) is 11.0. The first kappa shape index (κ1) is 17.8. The molecule has 0 radical (unpaired) electrons. The fourth-order valence-corrected chi connectivity index (χ4v) is 1.98. The summed E-state index contributed by atoms with van der Waals surface area (Å²) in [4.78, 5) is 23.1. The lowest BCUT2D eigenvalue weighted by atomic mass is 10.0. The minimum Gasteiger partial charge on any atom is -0.466 e. The third-order valence-corrected chi connectivity index (χ3v) is 3.25. The van der Waals surface area contributed by atoms with Crippen molar-refractivity contribution in [1.82, 2.24) is 0 Å². The van der Waals surface area contributed by atoms with Crippen molar-refractivity contribution in [3.8, 4) is 0 Å². The van der Waals surface area contributed by atoms with E-state index in [1.165, 1.54) is 19.8 Å². The first-order valence-electron chi connectivity index (χ1n) is 7.26. The van der Waals surface area contributed by atoms with E-state index in [-0.39, 0.29) is 5.70 Å². The van der Waals surface area contributed by atoms with Crippen molar-refractivity contribution in [3.63, 3.8) is 0 Å². The highest BCUT2D eigenvalue weighted by Gasteiger charge is 2.13. The van der Waals surface area contributed by atoms with Gasteiger partial charge in [0.2, 0.25) is 0 Å². The van der Waals surface area contributed by atoms with Gasteiger partial charge in [-0.15, -0.1) is 0 Å². The number of anilines is 1. The maximum atomic E-state index is 11.7. The van der Waals surface area contributed by atoms with Gasteiger partial charge in [-0.2, -0.15) is 0 Å². The molecule has 0 aromatic heterocycles. The van der Waals surface area contributed by atoms with Crippen LogP contribution in [0.15, 0.2) is 30.0 Å². The number of unbranched alkanes of at least 4 members (excludes halogenated alkanes) is 1. The van der Waals surface area contributed by atoms with Crippen LogP contribution in [0.5, 0.6) is 0 Å². The van der Waals surface area contributed by atoms with E-state index in [2.05, 4.69) is 27.8 Å². The summed E-state index contributed by atoms with van der Waals surface area (Å²) in [6.07, 6.45) is 4.39. The zero-order valence-corrected chi connectivity index (χ0v) is 13.6. The average molecular weight is 305 g/mol. The molecule has 1 rings (SSSR count). The third-order valence-electron chi connectivity index (χ3n) is 3.25. The number of hydrogen-bond donors (Lipinski definition) is 1. The maximum Gasteiger partial charge on any atom is 0.354 e. The molecule has 1 aromatic rings. The Labute approximate surface area is 131 Å². The molecule has 5 nitrogen and oxygen atoms in total. The summed E-state index contributed by atoms with van der Waals surface area (Å²) in [5.41, 5.74) is 3.04. The van der Waals surface area contributed by atoms with Gasteiger partial charge < -0.3 is 14.8 Å². The molecule has 0 bridgehead atoms. The second kappa shape index (κ2) is 8.87. The smallest absolute Gasteiger partial charge is 0.354 e. The Morgan fingerprint density at radius 2 is 1.95 bits per heavy atom. The van der Waals surface area contributed by atoms with Crippen molar-refractivity contribution in [1.29, 1.82) is 0 Å². The molecule has 0 aliphatic heterocycles. The topological polar surface area (TPSA) is 64.6 Å². The minimum absolute atomic E-state index is 0.0405. The molecule has 22 heavy (non-hydrogen) atoms. The number of aryl methyl sites for hydroxylation is 2. The fourth-order valence-electron chi connectivity index (χ4n) is 1.98. The molecule has 0 atom stereocenters. The molecule has 1 N–H and O–H groups in total. The summed E-state index contributed by atoms with van der Waals surface area (Å²) < 4.78 is 9.21. The van der Waals surface area contributed by atoms with E-state index in [0.717, 1.165) is 36.6 Å². The molecule has 0 saturated heterocycles. The summed E-state index contributed by atoms with van der Waals surface area (Å²) in [6, 6.07) is 5.98. The molecule has 0 amide bonds. The van der Waals surface area contributed by atoms with Crippen LogP contribution < -0.4 is 5.32 Å². The minimum atomic E-state index is -0.625. The fraction of sp³-hybridized carbons (Fsp3) is 0.412. The first-order valence-corrected chi connectivity index (χ1v) is 7.26. The SMILES string of the molecule is CCCCc1ccc(NC(=CC(=O)OC)C(=O)OC)c(C)c1. The zero-order valence-electron chi connectivity index (χ0n) is 13.6. The third kappa shape index (κ3) is 5.24. The molecule has 0 heterocycles. The Hall–Kier alpha value is -2.30. The lowest BCUT2D eigenvalue weighted by Gasteiger charge is -2.12. The molecule has 0 spiro atoms. The van der Waals surface area contributed by atoms with Crippen molar-refractivity contribution in [2.24, 2.45) is 0 Å². The molecular weight excluding hydrogens is 282 g/mol. The lowest BCUT2D eigenvalue weighted by molar-refractivity contribution is -0.138. The van der Waals surface area contributed by atoms with E-state index >= 15 is 0 Å². The molecule has 0 aliphatic rings. The summed E-state index contributed by atoms with van der Waals surface area (Å²) in [5, 5.41) is 2.93. The van der Waals surface area contributed by atoms with Gasteiger partial charge >= 0.3 is 11.9 Å². The lowest BCUT2D eigenvalue weighted by Crippen LogP contribution is -2.16. The van der Waals surface area contributed by atoms with Gasteiger partial charge in [0, 0.05) is 5.69 Å². The Balaban J connectivity index is 2.96. The largest absolute Gasteiger partial charge is 0.466 e. The number of ether oxygens (including phenoxy) is 2. The van der Waals surface area contributed by atoms with Gasteiger partial charge in [0.15, 0.2) is 0 Å². The van der Waals surface area contributed by atoms with Gasteiger partial charge in [-0.3, -0.25) is 0 Å². The second-order valence-electron chi connectivity index (χ2n) is 4.95. The van der Waals surface area contributed by atoms with Crippen LogP contribution in [0.25, 0.3) is 0 Å². The van der Waals surface area contributed by atoms with Crippen molar-refractivity contribution >= 4 is 17.6 Å². The molecule has 0 aliphatic carbocycles. The van der Waals surface area contributed by atoms with Crippen LogP contribution in [0.4, 0.5) is 5.69 Å². The number of nitrogens with one attached hydrogen (secondary N) is 1. The number of rotatable bonds is 7. The van der Waals surface area contributed by atoms with Gasteiger partial charge in [-0.1, -0.05) is 25.5 Å². The number of benzene rings is 1. The maximum absolute atomic E-state index is 11.7. The van der Waals surface area contributed by atoms with Gasteiger partial charge in [0.25, 0.3) is 0 Å². The van der Waals surface area contributed by atoms with E-state index in [9.17, 15) is 9.59 Å². The molecule has 0 unspecified atom stereocenters. The van der Waals surface area contributed by atoms with Gasteiger partial charge in [-0.05, 0) is 37.0 Å². The van der Waals surface area contributed by atoms with Gasteiger partial charge in [0.05, 0.1) is 20.3 Å². The molecule has 120 valence electrons. The summed E-state index contributed by atoms with van der Waals surface area (Å²) >= 11 is 0. The Kier molecular flexibility index (Phi) is 7.16. The van der Waals surface area contributed by atoms with Crippen LogP contribution in [-0.4, -0.2) is 26.2 Å².